The molecule has 36 heavy (non-hydrogen) atoms. The minimum atomic E-state index is -0.612. The summed E-state index contributed by atoms with van der Waals surface area (Å²) in [6.07, 6.45) is 2.84. The third kappa shape index (κ3) is 4.36. The average Bonchev–Trinajstić information content (AvgIpc) is 3.29. The van der Waals surface area contributed by atoms with E-state index in [4.69, 9.17) is 25.4 Å². The van der Waals surface area contributed by atoms with Crippen molar-refractivity contribution in [2.75, 3.05) is 19.2 Å². The maximum atomic E-state index is 12.8. The number of nitrogen functional groups attached to an aromatic ring is 1. The molecule has 12 nitrogen and oxygen atoms in total. The molecule has 0 radical (unpaired) electrons. The molecule has 1 aliphatic rings. The van der Waals surface area contributed by atoms with Crippen LogP contribution in [0.1, 0.15) is 41.6 Å². The van der Waals surface area contributed by atoms with Gasteiger partial charge in [-0.15, -0.1) is 9.78 Å². The molecule has 2 aromatic carbocycles. The number of nitrogens with one attached hydrogen (secondary N) is 3. The standard InChI is InChI=1S/C24H24N8O4/c1-13-17-10-15(11-18(34-2)20(17)36-12-35-13)19(29-16-6-4-14(5-7-16)21(25)26)22-30-24(33)32(31-22)23-27-8-3-9-28-23/h3-11,13,19,29H,12H2,1-2H3,(H3,25,26)(H,30,31,33). The molecule has 2 atom stereocenters. The lowest BCUT2D eigenvalue weighted by Gasteiger charge is -2.27. The van der Waals surface area contributed by atoms with E-state index in [9.17, 15) is 4.79 Å². The van der Waals surface area contributed by atoms with E-state index in [0.29, 0.717) is 28.6 Å². The molecule has 0 fully saturated rings. The molecule has 5 rings (SSSR count). The summed E-state index contributed by atoms with van der Waals surface area (Å²) in [5.74, 6) is 1.59. The topological polar surface area (TPSA) is 166 Å². The highest BCUT2D eigenvalue weighted by Crippen LogP contribution is 2.42. The van der Waals surface area contributed by atoms with Gasteiger partial charge in [-0.25, -0.2) is 14.8 Å². The number of hydrogen-bond acceptors (Lipinski definition) is 9. The van der Waals surface area contributed by atoms with Crippen LogP contribution >= 0.6 is 0 Å². The van der Waals surface area contributed by atoms with Crippen molar-refractivity contribution in [2.24, 2.45) is 5.73 Å². The van der Waals surface area contributed by atoms with E-state index >= 15 is 0 Å². The molecule has 0 aliphatic carbocycles. The zero-order chi connectivity index (χ0) is 25.2. The summed E-state index contributed by atoms with van der Waals surface area (Å²) >= 11 is 0. The summed E-state index contributed by atoms with van der Waals surface area (Å²) in [4.78, 5) is 23.9. The molecule has 0 saturated carbocycles. The fourth-order valence-corrected chi connectivity index (χ4v) is 3.93. The first-order valence-corrected chi connectivity index (χ1v) is 11.1. The van der Waals surface area contributed by atoms with Crippen LogP contribution in [0.3, 0.4) is 0 Å². The highest BCUT2D eigenvalue weighted by molar-refractivity contribution is 5.95. The Morgan fingerprint density at radius 3 is 2.72 bits per heavy atom. The van der Waals surface area contributed by atoms with Gasteiger partial charge in [-0.3, -0.25) is 10.4 Å². The number of rotatable bonds is 7. The number of amidine groups is 1. The van der Waals surface area contributed by atoms with E-state index in [2.05, 4.69) is 25.4 Å². The molecule has 3 heterocycles. The molecule has 4 aromatic rings. The number of nitrogens with zero attached hydrogens (tertiary/aromatic N) is 4. The fraction of sp³-hybridized carbons (Fsp3) is 0.208. The van der Waals surface area contributed by atoms with Gasteiger partial charge in [0.15, 0.2) is 24.1 Å². The van der Waals surface area contributed by atoms with Crippen LogP contribution < -0.4 is 26.2 Å². The van der Waals surface area contributed by atoms with Crippen molar-refractivity contribution in [2.45, 2.75) is 19.1 Å². The van der Waals surface area contributed by atoms with Crippen molar-refractivity contribution in [1.29, 1.82) is 5.41 Å². The predicted molar refractivity (Wildman–Crippen MR) is 131 cm³/mol. The normalized spacial score (nSPS) is 15.4. The van der Waals surface area contributed by atoms with Gasteiger partial charge in [0.1, 0.15) is 11.9 Å². The van der Waals surface area contributed by atoms with Gasteiger partial charge in [-0.2, -0.15) is 0 Å². The number of anilines is 1. The monoisotopic (exact) mass is 488 g/mol. The molecule has 184 valence electrons. The Balaban J connectivity index is 1.62. The summed E-state index contributed by atoms with van der Waals surface area (Å²) in [5, 5.41) is 15.5. The SMILES string of the molecule is COc1cc(C(Nc2ccc(C(=N)N)cc2)c2nn(-c3ncccn3)c(=O)[nH]2)cc2c1OCOC2C. The number of nitrogens with two attached hydrogens (primary N) is 1. The molecular formula is C24H24N8O4. The van der Waals surface area contributed by atoms with Gasteiger partial charge in [0, 0.05) is 29.2 Å². The molecular weight excluding hydrogens is 464 g/mol. The van der Waals surface area contributed by atoms with Crippen molar-refractivity contribution in [3.8, 4) is 17.4 Å². The van der Waals surface area contributed by atoms with Gasteiger partial charge in [0.05, 0.1) is 13.2 Å². The number of hydrogen-bond donors (Lipinski definition) is 4. The van der Waals surface area contributed by atoms with Crippen LogP contribution in [-0.2, 0) is 4.74 Å². The van der Waals surface area contributed by atoms with Crippen LogP contribution in [0.5, 0.6) is 11.5 Å². The largest absolute Gasteiger partial charge is 0.493 e. The molecule has 0 amide bonds. The Morgan fingerprint density at radius 1 is 1.28 bits per heavy atom. The number of benzene rings is 2. The Bertz CT molecular complexity index is 1450. The molecule has 1 aliphatic heterocycles. The van der Waals surface area contributed by atoms with Crippen LogP contribution in [0.15, 0.2) is 59.7 Å². The van der Waals surface area contributed by atoms with Crippen molar-refractivity contribution in [3.63, 3.8) is 0 Å². The van der Waals surface area contributed by atoms with Gasteiger partial charge in [0.2, 0.25) is 0 Å². The van der Waals surface area contributed by atoms with Crippen LogP contribution in [0.25, 0.3) is 5.95 Å². The van der Waals surface area contributed by atoms with Crippen molar-refractivity contribution in [3.05, 3.63) is 87.9 Å². The number of ether oxygens (including phenoxy) is 3. The second-order valence-corrected chi connectivity index (χ2v) is 8.06. The Hall–Kier alpha value is -4.71. The second-order valence-electron chi connectivity index (χ2n) is 8.06. The predicted octanol–water partition coefficient (Wildman–Crippen LogP) is 2.27. The third-order valence-electron chi connectivity index (χ3n) is 5.78. The van der Waals surface area contributed by atoms with Gasteiger partial charge >= 0.3 is 5.69 Å². The molecule has 0 bridgehead atoms. The third-order valence-corrected chi connectivity index (χ3v) is 5.78. The van der Waals surface area contributed by atoms with E-state index in [1.54, 1.807) is 37.4 Å². The first-order chi connectivity index (χ1) is 17.4. The second kappa shape index (κ2) is 9.50. The highest BCUT2D eigenvalue weighted by Gasteiger charge is 2.28. The molecule has 0 spiro atoms. The van der Waals surface area contributed by atoms with Crippen LogP contribution in [-0.4, -0.2) is 44.5 Å². The van der Waals surface area contributed by atoms with E-state index in [1.165, 1.54) is 12.4 Å². The number of methoxy groups -OCH3 is 1. The van der Waals surface area contributed by atoms with Crippen molar-refractivity contribution >= 4 is 11.5 Å². The molecule has 12 heteroatoms. The summed E-state index contributed by atoms with van der Waals surface area (Å²) in [7, 11) is 1.56. The van der Waals surface area contributed by atoms with Gasteiger partial charge in [0.25, 0.3) is 5.95 Å². The Labute approximate surface area is 205 Å². The lowest BCUT2D eigenvalue weighted by Crippen LogP contribution is -2.19. The van der Waals surface area contributed by atoms with Crippen molar-refractivity contribution < 1.29 is 14.2 Å². The maximum absolute atomic E-state index is 12.8. The molecule has 5 N–H and O–H groups in total. The first kappa shape index (κ1) is 23.1. The minimum Gasteiger partial charge on any atom is -0.493 e. The van der Waals surface area contributed by atoms with Crippen LogP contribution in [0.2, 0.25) is 0 Å². The molecule has 2 unspecified atom stereocenters. The summed E-state index contributed by atoms with van der Waals surface area (Å²) in [6, 6.07) is 11.9. The van der Waals surface area contributed by atoms with E-state index in [0.717, 1.165) is 15.8 Å². The Kier molecular flexibility index (Phi) is 6.09. The Morgan fingerprint density at radius 2 is 2.03 bits per heavy atom. The van der Waals surface area contributed by atoms with E-state index < -0.39 is 11.7 Å². The minimum absolute atomic E-state index is 0.0301. The number of aromatic amines is 1. The van der Waals surface area contributed by atoms with E-state index in [-0.39, 0.29) is 24.7 Å². The van der Waals surface area contributed by atoms with Crippen LogP contribution in [0, 0.1) is 5.41 Å². The van der Waals surface area contributed by atoms with Gasteiger partial charge < -0.3 is 25.3 Å². The zero-order valence-electron chi connectivity index (χ0n) is 19.6. The lowest BCUT2D eigenvalue weighted by atomic mass is 9.98. The smallest absolute Gasteiger partial charge is 0.350 e. The van der Waals surface area contributed by atoms with Crippen LogP contribution in [0.4, 0.5) is 5.69 Å². The zero-order valence-corrected chi connectivity index (χ0v) is 19.6. The van der Waals surface area contributed by atoms with Gasteiger partial charge in [-0.1, -0.05) is 0 Å². The summed E-state index contributed by atoms with van der Waals surface area (Å²) in [5.41, 5.74) is 7.97. The quantitative estimate of drug-likeness (QED) is 0.225. The van der Waals surface area contributed by atoms with Gasteiger partial charge in [-0.05, 0) is 55.0 Å². The highest BCUT2D eigenvalue weighted by atomic mass is 16.7. The first-order valence-electron chi connectivity index (χ1n) is 11.1. The van der Waals surface area contributed by atoms with Crippen molar-refractivity contribution in [1.82, 2.24) is 24.7 Å². The summed E-state index contributed by atoms with van der Waals surface area (Å²) in [6.45, 7) is 2.06. The lowest BCUT2D eigenvalue weighted by molar-refractivity contribution is -0.0525. The molecule has 2 aromatic heterocycles. The van der Waals surface area contributed by atoms with E-state index in [1.807, 2.05) is 19.1 Å². The fourth-order valence-electron chi connectivity index (χ4n) is 3.93. The molecule has 0 saturated heterocycles. The number of H-pyrrole nitrogens is 1. The maximum Gasteiger partial charge on any atom is 0.350 e. The summed E-state index contributed by atoms with van der Waals surface area (Å²) < 4.78 is 18.1. The number of fused-ring (bicyclic) bond motifs is 1. The number of aromatic nitrogens is 5. The average molecular weight is 489 g/mol.